The SMILES string of the molecule is CC(C)c1c(C(=O)N2CC[C@H](CN)C2)cnn1-c1ccc(Cl)cc1. The van der Waals surface area contributed by atoms with Crippen LogP contribution in [-0.2, 0) is 0 Å². The third kappa shape index (κ3) is 3.19. The first-order valence-corrected chi connectivity index (χ1v) is 8.72. The van der Waals surface area contributed by atoms with Crippen LogP contribution >= 0.6 is 11.6 Å². The van der Waals surface area contributed by atoms with Crippen LogP contribution in [0.25, 0.3) is 5.69 Å². The number of amides is 1. The van der Waals surface area contributed by atoms with E-state index in [1.165, 1.54) is 0 Å². The smallest absolute Gasteiger partial charge is 0.257 e. The first kappa shape index (κ1) is 17.0. The van der Waals surface area contributed by atoms with Crippen LogP contribution in [-0.4, -0.2) is 40.2 Å². The molecule has 5 nitrogen and oxygen atoms in total. The molecule has 24 heavy (non-hydrogen) atoms. The molecule has 1 fully saturated rings. The number of aromatic nitrogens is 2. The number of benzene rings is 1. The van der Waals surface area contributed by atoms with E-state index in [-0.39, 0.29) is 11.8 Å². The Morgan fingerprint density at radius 3 is 2.67 bits per heavy atom. The molecule has 1 aliphatic heterocycles. The molecule has 0 saturated carbocycles. The van der Waals surface area contributed by atoms with E-state index in [1.54, 1.807) is 6.20 Å². The lowest BCUT2D eigenvalue weighted by Gasteiger charge is -2.18. The minimum absolute atomic E-state index is 0.0508. The van der Waals surface area contributed by atoms with Crippen molar-refractivity contribution >= 4 is 17.5 Å². The number of likely N-dealkylation sites (tertiary alicyclic amines) is 1. The lowest BCUT2D eigenvalue weighted by molar-refractivity contribution is 0.0786. The van der Waals surface area contributed by atoms with Gasteiger partial charge in [-0.2, -0.15) is 5.10 Å². The van der Waals surface area contributed by atoms with E-state index in [0.717, 1.165) is 30.9 Å². The molecule has 2 heterocycles. The van der Waals surface area contributed by atoms with Gasteiger partial charge < -0.3 is 10.6 Å². The van der Waals surface area contributed by atoms with Gasteiger partial charge in [-0.15, -0.1) is 0 Å². The Bertz CT molecular complexity index is 723. The maximum Gasteiger partial charge on any atom is 0.257 e. The minimum atomic E-state index is 0.0508. The second-order valence-electron chi connectivity index (χ2n) is 6.63. The first-order valence-electron chi connectivity index (χ1n) is 8.34. The Kier molecular flexibility index (Phi) is 4.92. The molecule has 2 N–H and O–H groups in total. The lowest BCUT2D eigenvalue weighted by Crippen LogP contribution is -2.30. The topological polar surface area (TPSA) is 64.2 Å². The summed E-state index contributed by atoms with van der Waals surface area (Å²) in [6.07, 6.45) is 2.66. The van der Waals surface area contributed by atoms with Crippen LogP contribution in [0, 0.1) is 5.92 Å². The second kappa shape index (κ2) is 6.95. The Morgan fingerprint density at radius 2 is 2.08 bits per heavy atom. The van der Waals surface area contributed by atoms with Crippen molar-refractivity contribution in [3.63, 3.8) is 0 Å². The molecule has 1 aliphatic rings. The predicted molar refractivity (Wildman–Crippen MR) is 95.7 cm³/mol. The summed E-state index contributed by atoms with van der Waals surface area (Å²) in [4.78, 5) is 14.8. The van der Waals surface area contributed by atoms with Gasteiger partial charge >= 0.3 is 0 Å². The van der Waals surface area contributed by atoms with E-state index in [2.05, 4.69) is 18.9 Å². The molecular weight excluding hydrogens is 324 g/mol. The number of carbonyl (C=O) groups is 1. The summed E-state index contributed by atoms with van der Waals surface area (Å²) >= 11 is 5.97. The molecule has 0 radical (unpaired) electrons. The number of hydrogen-bond acceptors (Lipinski definition) is 3. The van der Waals surface area contributed by atoms with Crippen molar-refractivity contribution in [2.45, 2.75) is 26.2 Å². The fourth-order valence-electron chi connectivity index (χ4n) is 3.25. The summed E-state index contributed by atoms with van der Waals surface area (Å²) in [6, 6.07) is 7.48. The molecule has 0 unspecified atom stereocenters. The summed E-state index contributed by atoms with van der Waals surface area (Å²) in [5.74, 6) is 0.632. The highest BCUT2D eigenvalue weighted by Crippen LogP contribution is 2.26. The summed E-state index contributed by atoms with van der Waals surface area (Å²) in [6.45, 7) is 6.29. The Hall–Kier alpha value is -1.85. The number of nitrogens with zero attached hydrogens (tertiary/aromatic N) is 3. The normalized spacial score (nSPS) is 17.7. The monoisotopic (exact) mass is 346 g/mol. The van der Waals surface area contributed by atoms with E-state index < -0.39 is 0 Å². The first-order chi connectivity index (χ1) is 11.5. The molecule has 0 bridgehead atoms. The van der Waals surface area contributed by atoms with Gasteiger partial charge in [0.15, 0.2) is 0 Å². The fourth-order valence-corrected chi connectivity index (χ4v) is 3.37. The van der Waals surface area contributed by atoms with Crippen LogP contribution in [0.3, 0.4) is 0 Å². The molecule has 2 aromatic rings. The van der Waals surface area contributed by atoms with E-state index in [0.29, 0.717) is 23.0 Å². The molecular formula is C18H23ClN4O. The van der Waals surface area contributed by atoms with Gasteiger partial charge in [0.05, 0.1) is 23.1 Å². The van der Waals surface area contributed by atoms with Crippen molar-refractivity contribution in [2.24, 2.45) is 11.7 Å². The molecule has 128 valence electrons. The fraction of sp³-hybridized carbons (Fsp3) is 0.444. The third-order valence-electron chi connectivity index (χ3n) is 4.56. The average molecular weight is 347 g/mol. The van der Waals surface area contributed by atoms with Crippen LogP contribution in [0.2, 0.25) is 5.02 Å². The van der Waals surface area contributed by atoms with Crippen LogP contribution in [0.15, 0.2) is 30.5 Å². The van der Waals surface area contributed by atoms with Crippen LogP contribution in [0.5, 0.6) is 0 Å². The van der Waals surface area contributed by atoms with Crippen molar-refractivity contribution in [3.8, 4) is 5.69 Å². The number of nitrogens with two attached hydrogens (primary N) is 1. The molecule has 6 heteroatoms. The van der Waals surface area contributed by atoms with Crippen LogP contribution in [0.4, 0.5) is 0 Å². The molecule has 0 aliphatic carbocycles. The highest BCUT2D eigenvalue weighted by Gasteiger charge is 2.29. The summed E-state index contributed by atoms with van der Waals surface area (Å²) in [7, 11) is 0. The minimum Gasteiger partial charge on any atom is -0.338 e. The molecule has 1 atom stereocenters. The maximum atomic E-state index is 12.9. The van der Waals surface area contributed by atoms with Gasteiger partial charge in [-0.3, -0.25) is 4.79 Å². The molecule has 1 aromatic heterocycles. The molecule has 1 amide bonds. The van der Waals surface area contributed by atoms with E-state index >= 15 is 0 Å². The Balaban J connectivity index is 1.94. The standard InChI is InChI=1S/C18H23ClN4O/c1-12(2)17-16(18(24)22-8-7-13(9-20)11-22)10-21-23(17)15-5-3-14(19)4-6-15/h3-6,10,12-13H,7-9,11,20H2,1-2H3/t13-/m1/s1. The van der Waals surface area contributed by atoms with Crippen molar-refractivity contribution in [2.75, 3.05) is 19.6 Å². The quantitative estimate of drug-likeness (QED) is 0.925. The largest absolute Gasteiger partial charge is 0.338 e. The zero-order valence-corrected chi connectivity index (χ0v) is 14.8. The molecule has 3 rings (SSSR count). The van der Waals surface area contributed by atoms with Gasteiger partial charge in [-0.25, -0.2) is 4.68 Å². The van der Waals surface area contributed by atoms with Gasteiger partial charge in [-0.05, 0) is 49.1 Å². The number of hydrogen-bond donors (Lipinski definition) is 1. The average Bonchev–Trinajstić information content (AvgIpc) is 3.22. The van der Waals surface area contributed by atoms with Crippen molar-refractivity contribution in [1.29, 1.82) is 0 Å². The summed E-state index contributed by atoms with van der Waals surface area (Å²) < 4.78 is 1.84. The van der Waals surface area contributed by atoms with Gasteiger partial charge in [0.2, 0.25) is 0 Å². The van der Waals surface area contributed by atoms with E-state index in [4.69, 9.17) is 17.3 Å². The Morgan fingerprint density at radius 1 is 1.38 bits per heavy atom. The highest BCUT2D eigenvalue weighted by molar-refractivity contribution is 6.30. The van der Waals surface area contributed by atoms with Crippen LogP contribution < -0.4 is 5.73 Å². The van der Waals surface area contributed by atoms with Crippen LogP contribution in [0.1, 0.15) is 42.2 Å². The zero-order valence-electron chi connectivity index (χ0n) is 14.1. The highest BCUT2D eigenvalue weighted by atomic mass is 35.5. The van der Waals surface area contributed by atoms with Gasteiger partial charge in [0.1, 0.15) is 0 Å². The molecule has 1 saturated heterocycles. The number of rotatable bonds is 4. The van der Waals surface area contributed by atoms with Gasteiger partial charge in [0, 0.05) is 18.1 Å². The zero-order chi connectivity index (χ0) is 17.3. The van der Waals surface area contributed by atoms with Gasteiger partial charge in [0.25, 0.3) is 5.91 Å². The summed E-state index contributed by atoms with van der Waals surface area (Å²) in [5, 5.41) is 5.15. The molecule has 0 spiro atoms. The lowest BCUT2D eigenvalue weighted by atomic mass is 10.0. The molecule has 1 aromatic carbocycles. The van der Waals surface area contributed by atoms with E-state index in [9.17, 15) is 4.79 Å². The van der Waals surface area contributed by atoms with Crippen molar-refractivity contribution in [1.82, 2.24) is 14.7 Å². The number of halogens is 1. The second-order valence-corrected chi connectivity index (χ2v) is 7.06. The Labute approximate surface area is 147 Å². The van der Waals surface area contributed by atoms with Gasteiger partial charge in [-0.1, -0.05) is 25.4 Å². The maximum absolute atomic E-state index is 12.9. The van der Waals surface area contributed by atoms with E-state index in [1.807, 2.05) is 33.8 Å². The third-order valence-corrected chi connectivity index (χ3v) is 4.81. The van der Waals surface area contributed by atoms with Crippen molar-refractivity contribution < 1.29 is 4.79 Å². The van der Waals surface area contributed by atoms with Crippen molar-refractivity contribution in [3.05, 3.63) is 46.7 Å². The predicted octanol–water partition coefficient (Wildman–Crippen LogP) is 3.07. The summed E-state index contributed by atoms with van der Waals surface area (Å²) in [5.41, 5.74) is 8.25. The number of carbonyl (C=O) groups excluding carboxylic acids is 1.